The minimum atomic E-state index is 0.138. The topological polar surface area (TPSA) is 55.9 Å². The largest absolute Gasteiger partial charge is 0.271 e. The van der Waals surface area contributed by atoms with Crippen molar-refractivity contribution in [3.63, 3.8) is 0 Å². The van der Waals surface area contributed by atoms with Crippen molar-refractivity contribution in [1.82, 2.24) is 15.2 Å². The monoisotopic (exact) mass is 364 g/mol. The standard InChI is InChI=1S/C12H21BrN4S2/c1-3-9-12(19-6-5-18-9)10(16-14)11-8(13)7-15-17(11)4-2/h7,9-10,12,16H,3-6,14H2,1-2H3. The van der Waals surface area contributed by atoms with Crippen LogP contribution in [0.1, 0.15) is 32.0 Å². The highest BCUT2D eigenvalue weighted by Gasteiger charge is 2.35. The van der Waals surface area contributed by atoms with Crippen LogP contribution in [0.2, 0.25) is 0 Å². The van der Waals surface area contributed by atoms with Gasteiger partial charge in [-0.2, -0.15) is 28.6 Å². The molecule has 0 bridgehead atoms. The first-order valence-electron chi connectivity index (χ1n) is 6.63. The Morgan fingerprint density at radius 3 is 2.89 bits per heavy atom. The van der Waals surface area contributed by atoms with Gasteiger partial charge in [0.2, 0.25) is 0 Å². The van der Waals surface area contributed by atoms with Crippen LogP contribution >= 0.6 is 39.5 Å². The van der Waals surface area contributed by atoms with Crippen molar-refractivity contribution >= 4 is 39.5 Å². The Hall–Kier alpha value is 0.310. The van der Waals surface area contributed by atoms with Crippen LogP contribution in [-0.2, 0) is 6.54 Å². The fraction of sp³-hybridized carbons (Fsp3) is 0.750. The number of aryl methyl sites for hydroxylation is 1. The fourth-order valence-corrected chi connectivity index (χ4v) is 6.26. The molecule has 19 heavy (non-hydrogen) atoms. The number of thioether (sulfide) groups is 2. The zero-order valence-corrected chi connectivity index (χ0v) is 14.5. The second-order valence-corrected chi connectivity index (χ2v) is 7.98. The molecule has 1 saturated heterocycles. The molecule has 4 nitrogen and oxygen atoms in total. The summed E-state index contributed by atoms with van der Waals surface area (Å²) in [6.45, 7) is 5.23. The van der Waals surface area contributed by atoms with Crippen molar-refractivity contribution < 1.29 is 0 Å². The SMILES string of the molecule is CCC1SCCSC1C(NN)c1c(Br)cnn1CC. The first kappa shape index (κ1) is 15.7. The van der Waals surface area contributed by atoms with Crippen LogP contribution in [0.3, 0.4) is 0 Å². The lowest BCUT2D eigenvalue weighted by atomic mass is 10.1. The van der Waals surface area contributed by atoms with Gasteiger partial charge in [-0.15, -0.1) is 0 Å². The molecule has 0 aromatic carbocycles. The Morgan fingerprint density at radius 2 is 2.26 bits per heavy atom. The highest BCUT2D eigenvalue weighted by Crippen LogP contribution is 2.41. The normalized spacial score (nSPS) is 25.5. The van der Waals surface area contributed by atoms with Crippen LogP contribution in [0.5, 0.6) is 0 Å². The quantitative estimate of drug-likeness (QED) is 0.621. The van der Waals surface area contributed by atoms with Crippen LogP contribution < -0.4 is 11.3 Å². The van der Waals surface area contributed by atoms with E-state index >= 15 is 0 Å². The molecule has 2 heterocycles. The van der Waals surface area contributed by atoms with Crippen LogP contribution in [0.15, 0.2) is 10.7 Å². The van der Waals surface area contributed by atoms with Crippen molar-refractivity contribution in [1.29, 1.82) is 0 Å². The number of hydrazine groups is 1. The fourth-order valence-electron chi connectivity index (χ4n) is 2.51. The maximum atomic E-state index is 5.87. The van der Waals surface area contributed by atoms with Gasteiger partial charge in [0.1, 0.15) is 0 Å². The predicted octanol–water partition coefficient (Wildman–Crippen LogP) is 2.80. The number of rotatable bonds is 5. The Morgan fingerprint density at radius 1 is 1.53 bits per heavy atom. The van der Waals surface area contributed by atoms with Crippen LogP contribution in [0.4, 0.5) is 0 Å². The molecule has 3 atom stereocenters. The lowest BCUT2D eigenvalue weighted by Crippen LogP contribution is -2.42. The molecule has 1 aliphatic heterocycles. The van der Waals surface area contributed by atoms with E-state index in [4.69, 9.17) is 5.84 Å². The minimum Gasteiger partial charge on any atom is -0.271 e. The molecule has 3 N–H and O–H groups in total. The maximum Gasteiger partial charge on any atom is 0.0769 e. The lowest BCUT2D eigenvalue weighted by Gasteiger charge is -2.35. The van der Waals surface area contributed by atoms with E-state index in [1.54, 1.807) is 0 Å². The second kappa shape index (κ2) is 7.36. The number of halogens is 1. The third-order valence-corrected chi connectivity index (χ3v) is 7.39. The van der Waals surface area contributed by atoms with Gasteiger partial charge in [0.05, 0.1) is 22.4 Å². The van der Waals surface area contributed by atoms with Crippen molar-refractivity contribution in [2.24, 2.45) is 5.84 Å². The molecule has 0 aliphatic carbocycles. The molecular formula is C12H21BrN4S2. The predicted molar refractivity (Wildman–Crippen MR) is 88.4 cm³/mol. The van der Waals surface area contributed by atoms with Gasteiger partial charge >= 0.3 is 0 Å². The molecule has 2 rings (SSSR count). The Kier molecular flexibility index (Phi) is 6.08. The molecular weight excluding hydrogens is 344 g/mol. The summed E-state index contributed by atoms with van der Waals surface area (Å²) in [5.74, 6) is 8.31. The molecule has 1 aliphatic rings. The summed E-state index contributed by atoms with van der Waals surface area (Å²) in [5, 5.41) is 5.54. The molecule has 0 radical (unpaired) electrons. The van der Waals surface area contributed by atoms with E-state index in [9.17, 15) is 0 Å². The average molecular weight is 365 g/mol. The molecule has 3 unspecified atom stereocenters. The first-order chi connectivity index (χ1) is 9.22. The summed E-state index contributed by atoms with van der Waals surface area (Å²) in [5.41, 5.74) is 4.20. The number of nitrogens with two attached hydrogens (primary N) is 1. The Labute approximate surface area is 131 Å². The molecule has 1 aromatic rings. The number of aromatic nitrogens is 2. The zero-order chi connectivity index (χ0) is 13.8. The molecule has 7 heteroatoms. The smallest absolute Gasteiger partial charge is 0.0769 e. The number of hydrogen-bond donors (Lipinski definition) is 2. The van der Waals surface area contributed by atoms with Crippen molar-refractivity contribution in [3.05, 3.63) is 16.4 Å². The van der Waals surface area contributed by atoms with E-state index in [1.807, 2.05) is 22.6 Å². The van der Waals surface area contributed by atoms with E-state index in [1.165, 1.54) is 23.6 Å². The van der Waals surface area contributed by atoms with Crippen LogP contribution in [0.25, 0.3) is 0 Å². The molecule has 0 spiro atoms. The van der Waals surface area contributed by atoms with E-state index in [0.29, 0.717) is 10.5 Å². The summed E-state index contributed by atoms with van der Waals surface area (Å²) < 4.78 is 3.07. The van der Waals surface area contributed by atoms with Crippen molar-refractivity contribution in [3.8, 4) is 0 Å². The van der Waals surface area contributed by atoms with Gasteiger partial charge in [0, 0.05) is 28.6 Å². The second-order valence-electron chi connectivity index (χ2n) is 4.49. The van der Waals surface area contributed by atoms with Gasteiger partial charge in [-0.3, -0.25) is 16.0 Å². The molecule has 0 amide bonds. The summed E-state index contributed by atoms with van der Waals surface area (Å²) >= 11 is 7.71. The Balaban J connectivity index is 2.29. The average Bonchev–Trinajstić information content (AvgIpc) is 2.82. The van der Waals surface area contributed by atoms with Gasteiger partial charge in [-0.1, -0.05) is 6.92 Å². The van der Waals surface area contributed by atoms with E-state index in [0.717, 1.165) is 11.0 Å². The van der Waals surface area contributed by atoms with Crippen LogP contribution in [0, 0.1) is 0 Å². The highest BCUT2D eigenvalue weighted by atomic mass is 79.9. The number of hydrogen-bond acceptors (Lipinski definition) is 5. The van der Waals surface area contributed by atoms with Gasteiger partial charge in [0.15, 0.2) is 0 Å². The summed E-state index contributed by atoms with van der Waals surface area (Å²) in [7, 11) is 0. The third-order valence-electron chi connectivity index (χ3n) is 3.43. The van der Waals surface area contributed by atoms with Gasteiger partial charge in [-0.25, -0.2) is 0 Å². The summed E-state index contributed by atoms with van der Waals surface area (Å²) in [4.78, 5) is 0. The lowest BCUT2D eigenvalue weighted by molar-refractivity contribution is 0.465. The van der Waals surface area contributed by atoms with Gasteiger partial charge in [0.25, 0.3) is 0 Å². The highest BCUT2D eigenvalue weighted by molar-refractivity contribution is 9.10. The first-order valence-corrected chi connectivity index (χ1v) is 9.52. The zero-order valence-electron chi connectivity index (χ0n) is 11.3. The van der Waals surface area contributed by atoms with E-state index in [-0.39, 0.29) is 6.04 Å². The summed E-state index contributed by atoms with van der Waals surface area (Å²) in [6, 6.07) is 0.138. The van der Waals surface area contributed by atoms with E-state index < -0.39 is 0 Å². The number of nitrogens with one attached hydrogen (secondary N) is 1. The minimum absolute atomic E-state index is 0.138. The van der Waals surface area contributed by atoms with Gasteiger partial charge < -0.3 is 0 Å². The van der Waals surface area contributed by atoms with Crippen molar-refractivity contribution in [2.75, 3.05) is 11.5 Å². The maximum absolute atomic E-state index is 5.87. The molecule has 1 aromatic heterocycles. The molecule has 1 fully saturated rings. The summed E-state index contributed by atoms with van der Waals surface area (Å²) in [6.07, 6.45) is 3.04. The van der Waals surface area contributed by atoms with Crippen molar-refractivity contribution in [2.45, 2.75) is 43.4 Å². The number of nitrogens with zero attached hydrogens (tertiary/aromatic N) is 2. The third kappa shape index (κ3) is 3.32. The van der Waals surface area contributed by atoms with Gasteiger partial charge in [-0.05, 0) is 29.3 Å². The van der Waals surface area contributed by atoms with E-state index in [2.05, 4.69) is 52.1 Å². The Bertz CT molecular complexity index is 412. The van der Waals surface area contributed by atoms with Crippen LogP contribution in [-0.4, -0.2) is 31.8 Å². The molecule has 0 saturated carbocycles. The molecule has 108 valence electrons.